The molecule has 0 bridgehead atoms. The topological polar surface area (TPSA) is 24.5 Å². The summed E-state index contributed by atoms with van der Waals surface area (Å²) in [6.45, 7) is 5.49. The Morgan fingerprint density at radius 2 is 2.14 bits per heavy atom. The molecule has 0 radical (unpaired) electrons. The number of nitrogens with one attached hydrogen (secondary N) is 1. The van der Waals surface area contributed by atoms with E-state index < -0.39 is 0 Å². The quantitative estimate of drug-likeness (QED) is 0.782. The van der Waals surface area contributed by atoms with Gasteiger partial charge in [0.25, 0.3) is 0 Å². The van der Waals surface area contributed by atoms with Crippen molar-refractivity contribution in [1.29, 1.82) is 0 Å². The van der Waals surface area contributed by atoms with Gasteiger partial charge in [0, 0.05) is 20.2 Å². The average molecular weight is 245 g/mol. The molecule has 1 fully saturated rings. The van der Waals surface area contributed by atoms with Gasteiger partial charge in [0.05, 0.1) is 6.61 Å². The predicted octanol–water partition coefficient (Wildman–Crippen LogP) is 1.02. The van der Waals surface area contributed by atoms with Gasteiger partial charge in [0.15, 0.2) is 0 Å². The van der Waals surface area contributed by atoms with Crippen molar-refractivity contribution in [2.75, 3.05) is 46.9 Å². The Labute approximate surface area is 99.4 Å². The van der Waals surface area contributed by atoms with Crippen LogP contribution in [-0.4, -0.2) is 51.8 Å². The lowest BCUT2D eigenvalue weighted by Gasteiger charge is -2.19. The van der Waals surface area contributed by atoms with Crippen LogP contribution in [0.25, 0.3) is 0 Å². The van der Waals surface area contributed by atoms with Crippen LogP contribution in [0.2, 0.25) is 0 Å². The van der Waals surface area contributed by atoms with Crippen LogP contribution in [0.1, 0.15) is 6.42 Å². The van der Waals surface area contributed by atoms with Gasteiger partial charge in [-0.2, -0.15) is 0 Å². The molecule has 1 unspecified atom stereocenters. The molecule has 0 aromatic carbocycles. The predicted molar refractivity (Wildman–Crippen MR) is 64.8 cm³/mol. The molecule has 1 saturated heterocycles. The van der Waals surface area contributed by atoms with Gasteiger partial charge in [-0.3, -0.25) is 0 Å². The smallest absolute Gasteiger partial charge is 0.0589 e. The van der Waals surface area contributed by atoms with Gasteiger partial charge in [-0.25, -0.2) is 0 Å². The highest BCUT2D eigenvalue weighted by atomic mass is 35.5. The second-order valence-corrected chi connectivity index (χ2v) is 3.61. The standard InChI is InChI=1S/C9H20N2O.2ClH/c1-11(5-6-12-2)8-9-3-4-10-7-9;;/h9-10H,3-8H2,1-2H3;2*1H. The van der Waals surface area contributed by atoms with Crippen LogP contribution in [0.3, 0.4) is 0 Å². The lowest BCUT2D eigenvalue weighted by atomic mass is 10.1. The summed E-state index contributed by atoms with van der Waals surface area (Å²) >= 11 is 0. The number of likely N-dealkylation sites (N-methyl/N-ethyl adjacent to an activating group) is 1. The van der Waals surface area contributed by atoms with Crippen molar-refractivity contribution >= 4 is 24.8 Å². The molecular weight excluding hydrogens is 223 g/mol. The Morgan fingerprint density at radius 1 is 1.43 bits per heavy atom. The van der Waals surface area contributed by atoms with Crippen LogP contribution < -0.4 is 5.32 Å². The van der Waals surface area contributed by atoms with Gasteiger partial charge < -0.3 is 15.0 Å². The second-order valence-electron chi connectivity index (χ2n) is 3.61. The van der Waals surface area contributed by atoms with Gasteiger partial charge in [0.2, 0.25) is 0 Å². The zero-order valence-electron chi connectivity index (χ0n) is 8.99. The summed E-state index contributed by atoms with van der Waals surface area (Å²) in [5, 5.41) is 3.38. The van der Waals surface area contributed by atoms with E-state index in [1.807, 2.05) is 0 Å². The number of hydrogen-bond donors (Lipinski definition) is 1. The maximum atomic E-state index is 5.02. The molecule has 0 aliphatic carbocycles. The summed E-state index contributed by atoms with van der Waals surface area (Å²) in [5.74, 6) is 0.854. The second kappa shape index (κ2) is 9.99. The van der Waals surface area contributed by atoms with E-state index >= 15 is 0 Å². The van der Waals surface area contributed by atoms with E-state index in [2.05, 4.69) is 17.3 Å². The van der Waals surface area contributed by atoms with Crippen molar-refractivity contribution in [3.8, 4) is 0 Å². The Balaban J connectivity index is 0. The van der Waals surface area contributed by atoms with Gasteiger partial charge in [-0.05, 0) is 32.5 Å². The lowest BCUT2D eigenvalue weighted by molar-refractivity contribution is 0.154. The van der Waals surface area contributed by atoms with Gasteiger partial charge >= 0.3 is 0 Å². The van der Waals surface area contributed by atoms with Crippen molar-refractivity contribution in [1.82, 2.24) is 10.2 Å². The summed E-state index contributed by atoms with van der Waals surface area (Å²) < 4.78 is 5.02. The molecule has 1 rings (SSSR count). The Hall–Kier alpha value is 0.460. The van der Waals surface area contributed by atoms with Crippen molar-refractivity contribution in [2.45, 2.75) is 6.42 Å². The Morgan fingerprint density at radius 3 is 2.64 bits per heavy atom. The van der Waals surface area contributed by atoms with Gasteiger partial charge in [-0.1, -0.05) is 0 Å². The van der Waals surface area contributed by atoms with Crippen LogP contribution in [0, 0.1) is 5.92 Å². The molecule has 0 saturated carbocycles. The third-order valence-electron chi connectivity index (χ3n) is 2.41. The number of hydrogen-bond acceptors (Lipinski definition) is 3. The zero-order chi connectivity index (χ0) is 8.81. The van der Waals surface area contributed by atoms with E-state index in [-0.39, 0.29) is 24.8 Å². The molecular formula is C9H22Cl2N2O. The van der Waals surface area contributed by atoms with Crippen molar-refractivity contribution in [3.63, 3.8) is 0 Å². The number of halogens is 2. The maximum Gasteiger partial charge on any atom is 0.0589 e. The van der Waals surface area contributed by atoms with Crippen LogP contribution >= 0.6 is 24.8 Å². The van der Waals surface area contributed by atoms with Crippen molar-refractivity contribution < 1.29 is 4.74 Å². The fourth-order valence-corrected chi connectivity index (χ4v) is 1.65. The summed E-state index contributed by atoms with van der Waals surface area (Å²) in [7, 11) is 3.92. The van der Waals surface area contributed by atoms with Gasteiger partial charge in [-0.15, -0.1) is 24.8 Å². The van der Waals surface area contributed by atoms with Crippen molar-refractivity contribution in [2.24, 2.45) is 5.92 Å². The summed E-state index contributed by atoms with van der Waals surface area (Å²) in [6, 6.07) is 0. The first-order valence-electron chi connectivity index (χ1n) is 4.71. The molecule has 0 spiro atoms. The SMILES string of the molecule is COCCN(C)CC1CCNC1.Cl.Cl. The van der Waals surface area contributed by atoms with E-state index in [9.17, 15) is 0 Å². The molecule has 1 aliphatic rings. The first-order chi connectivity index (χ1) is 5.83. The molecule has 1 N–H and O–H groups in total. The maximum absolute atomic E-state index is 5.02. The van der Waals surface area contributed by atoms with Crippen LogP contribution in [-0.2, 0) is 4.74 Å². The molecule has 0 aromatic rings. The van der Waals surface area contributed by atoms with Gasteiger partial charge in [0.1, 0.15) is 0 Å². The highest BCUT2D eigenvalue weighted by Gasteiger charge is 2.15. The highest BCUT2D eigenvalue weighted by molar-refractivity contribution is 5.85. The minimum Gasteiger partial charge on any atom is -0.383 e. The Kier molecular flexibility index (Phi) is 12.0. The summed E-state index contributed by atoms with van der Waals surface area (Å²) in [6.07, 6.45) is 1.33. The molecule has 3 nitrogen and oxygen atoms in total. The van der Waals surface area contributed by atoms with Crippen molar-refractivity contribution in [3.05, 3.63) is 0 Å². The molecule has 88 valence electrons. The fourth-order valence-electron chi connectivity index (χ4n) is 1.65. The number of rotatable bonds is 5. The van der Waals surface area contributed by atoms with E-state index in [0.717, 1.165) is 19.1 Å². The number of nitrogens with zero attached hydrogens (tertiary/aromatic N) is 1. The number of methoxy groups -OCH3 is 1. The third kappa shape index (κ3) is 6.85. The number of ether oxygens (including phenoxy) is 1. The molecule has 14 heavy (non-hydrogen) atoms. The minimum atomic E-state index is 0. The monoisotopic (exact) mass is 244 g/mol. The lowest BCUT2D eigenvalue weighted by Crippen LogP contribution is -2.29. The molecule has 1 atom stereocenters. The van der Waals surface area contributed by atoms with E-state index in [1.54, 1.807) is 7.11 Å². The average Bonchev–Trinajstić information content (AvgIpc) is 2.53. The van der Waals surface area contributed by atoms with Crippen LogP contribution in [0.4, 0.5) is 0 Å². The van der Waals surface area contributed by atoms with E-state index in [1.165, 1.54) is 26.1 Å². The molecule has 5 heteroatoms. The minimum absolute atomic E-state index is 0. The molecule has 1 aliphatic heterocycles. The van der Waals surface area contributed by atoms with Crippen LogP contribution in [0.5, 0.6) is 0 Å². The first-order valence-corrected chi connectivity index (χ1v) is 4.71. The zero-order valence-corrected chi connectivity index (χ0v) is 10.6. The summed E-state index contributed by atoms with van der Waals surface area (Å²) in [5.41, 5.74) is 0. The van der Waals surface area contributed by atoms with E-state index in [4.69, 9.17) is 4.74 Å². The molecule has 1 heterocycles. The Bertz CT molecular complexity index is 121. The third-order valence-corrected chi connectivity index (χ3v) is 2.41. The molecule has 0 aromatic heterocycles. The summed E-state index contributed by atoms with van der Waals surface area (Å²) in [4.78, 5) is 2.35. The highest BCUT2D eigenvalue weighted by Crippen LogP contribution is 2.08. The van der Waals surface area contributed by atoms with E-state index in [0.29, 0.717) is 0 Å². The van der Waals surface area contributed by atoms with Crippen LogP contribution in [0.15, 0.2) is 0 Å². The molecule has 0 amide bonds. The normalized spacial score (nSPS) is 20.4. The first kappa shape index (κ1) is 16.9. The fraction of sp³-hybridized carbons (Fsp3) is 1.00. The largest absolute Gasteiger partial charge is 0.383 e.